The second kappa shape index (κ2) is 9.35. The van der Waals surface area contributed by atoms with Crippen LogP contribution in [0.2, 0.25) is 0 Å². The molecule has 23 heavy (non-hydrogen) atoms. The van der Waals surface area contributed by atoms with Crippen molar-refractivity contribution in [2.24, 2.45) is 0 Å². The molecule has 1 N–H and O–H groups in total. The van der Waals surface area contributed by atoms with Crippen molar-refractivity contribution in [2.45, 2.75) is 49.8 Å². The number of unbranched alkanes of at least 4 members (excludes halogenated alkanes) is 2. The summed E-state index contributed by atoms with van der Waals surface area (Å²) in [5, 5.41) is 0. The summed E-state index contributed by atoms with van der Waals surface area (Å²) in [5.41, 5.74) is 0. The van der Waals surface area contributed by atoms with Crippen molar-refractivity contribution in [1.82, 2.24) is 9.62 Å². The Kier molecular flexibility index (Phi) is 7.46. The molecule has 1 fully saturated rings. The zero-order valence-corrected chi connectivity index (χ0v) is 14.5. The first-order chi connectivity index (χ1) is 11.1. The molecule has 0 radical (unpaired) electrons. The molecule has 0 atom stereocenters. The predicted octanol–water partition coefficient (Wildman–Crippen LogP) is 3.15. The Morgan fingerprint density at radius 1 is 0.957 bits per heavy atom. The van der Waals surface area contributed by atoms with Crippen LogP contribution in [0.3, 0.4) is 0 Å². The first-order valence-corrected chi connectivity index (χ1v) is 10.0. The van der Waals surface area contributed by atoms with E-state index < -0.39 is 15.8 Å². The maximum absolute atomic E-state index is 12.8. The molecule has 0 bridgehead atoms. The zero-order valence-electron chi connectivity index (χ0n) is 13.6. The number of sulfonamides is 1. The van der Waals surface area contributed by atoms with Crippen LogP contribution in [-0.2, 0) is 10.0 Å². The molecular weight excluding hydrogens is 315 g/mol. The van der Waals surface area contributed by atoms with Crippen LogP contribution in [0.4, 0.5) is 4.39 Å². The standard InChI is InChI=1S/C17H27FN2O2S/c18-16-8-10-17(11-9-16)23(21,22)19-12-4-3-7-15-20-13-5-1-2-6-14-20/h8-11,19H,1-7,12-15H2. The lowest BCUT2D eigenvalue weighted by atomic mass is 10.2. The topological polar surface area (TPSA) is 49.4 Å². The van der Waals surface area contributed by atoms with E-state index in [4.69, 9.17) is 0 Å². The van der Waals surface area contributed by atoms with Gasteiger partial charge in [-0.15, -0.1) is 0 Å². The van der Waals surface area contributed by atoms with Crippen LogP contribution >= 0.6 is 0 Å². The van der Waals surface area contributed by atoms with Crippen molar-refractivity contribution in [3.8, 4) is 0 Å². The number of hydrogen-bond acceptors (Lipinski definition) is 3. The predicted molar refractivity (Wildman–Crippen MR) is 90.3 cm³/mol. The minimum atomic E-state index is -3.52. The summed E-state index contributed by atoms with van der Waals surface area (Å²) in [5.74, 6) is -0.433. The van der Waals surface area contributed by atoms with Gasteiger partial charge in [-0.2, -0.15) is 0 Å². The van der Waals surface area contributed by atoms with Gasteiger partial charge < -0.3 is 4.90 Å². The van der Waals surface area contributed by atoms with Gasteiger partial charge in [0, 0.05) is 6.54 Å². The molecule has 0 aliphatic carbocycles. The lowest BCUT2D eigenvalue weighted by Crippen LogP contribution is -2.26. The van der Waals surface area contributed by atoms with E-state index >= 15 is 0 Å². The molecule has 1 aliphatic rings. The third-order valence-electron chi connectivity index (χ3n) is 4.27. The van der Waals surface area contributed by atoms with Crippen LogP contribution in [0.25, 0.3) is 0 Å². The zero-order chi connectivity index (χ0) is 16.5. The summed E-state index contributed by atoms with van der Waals surface area (Å²) in [4.78, 5) is 2.64. The number of rotatable bonds is 8. The molecule has 1 aromatic rings. The normalized spacial score (nSPS) is 17.1. The highest BCUT2D eigenvalue weighted by Gasteiger charge is 2.13. The molecule has 0 unspecified atom stereocenters. The van der Waals surface area contributed by atoms with Crippen LogP contribution in [0, 0.1) is 5.82 Å². The smallest absolute Gasteiger partial charge is 0.240 e. The Labute approximate surface area is 139 Å². The van der Waals surface area contributed by atoms with E-state index in [2.05, 4.69) is 9.62 Å². The molecule has 0 aromatic heterocycles. The third-order valence-corrected chi connectivity index (χ3v) is 5.74. The first-order valence-electron chi connectivity index (χ1n) is 8.55. The van der Waals surface area contributed by atoms with Gasteiger partial charge >= 0.3 is 0 Å². The van der Waals surface area contributed by atoms with Gasteiger partial charge in [-0.05, 0) is 69.6 Å². The molecule has 0 amide bonds. The van der Waals surface area contributed by atoms with Gasteiger partial charge in [-0.1, -0.05) is 19.3 Å². The van der Waals surface area contributed by atoms with Crippen molar-refractivity contribution in [1.29, 1.82) is 0 Å². The molecule has 130 valence electrons. The Bertz CT molecular complexity index is 552. The van der Waals surface area contributed by atoms with E-state index in [9.17, 15) is 12.8 Å². The Morgan fingerprint density at radius 2 is 1.61 bits per heavy atom. The highest BCUT2D eigenvalue weighted by Crippen LogP contribution is 2.11. The minimum absolute atomic E-state index is 0.114. The Morgan fingerprint density at radius 3 is 2.26 bits per heavy atom. The van der Waals surface area contributed by atoms with Crippen LogP contribution < -0.4 is 4.72 Å². The molecule has 1 saturated heterocycles. The van der Waals surface area contributed by atoms with Crippen LogP contribution in [0.5, 0.6) is 0 Å². The van der Waals surface area contributed by atoms with E-state index in [1.165, 1.54) is 50.9 Å². The number of likely N-dealkylation sites (tertiary alicyclic amines) is 1. The van der Waals surface area contributed by atoms with E-state index in [1.807, 2.05) is 0 Å². The Balaban J connectivity index is 1.62. The monoisotopic (exact) mass is 342 g/mol. The summed E-state index contributed by atoms with van der Waals surface area (Å²) >= 11 is 0. The van der Waals surface area contributed by atoms with E-state index in [0.717, 1.165) is 37.9 Å². The van der Waals surface area contributed by atoms with Gasteiger partial charge in [0.2, 0.25) is 10.0 Å². The first kappa shape index (κ1) is 18.4. The van der Waals surface area contributed by atoms with Crippen molar-refractivity contribution >= 4 is 10.0 Å². The lowest BCUT2D eigenvalue weighted by molar-refractivity contribution is 0.278. The summed E-state index contributed by atoms with van der Waals surface area (Å²) < 4.78 is 39.4. The molecule has 0 spiro atoms. The molecule has 0 saturated carbocycles. The Hall–Kier alpha value is -0.980. The molecule has 4 nitrogen and oxygen atoms in total. The highest BCUT2D eigenvalue weighted by molar-refractivity contribution is 7.89. The number of nitrogens with one attached hydrogen (secondary N) is 1. The maximum Gasteiger partial charge on any atom is 0.240 e. The van der Waals surface area contributed by atoms with Gasteiger partial charge in [0.05, 0.1) is 4.90 Å². The molecule has 1 aromatic carbocycles. The second-order valence-electron chi connectivity index (χ2n) is 6.17. The molecular formula is C17H27FN2O2S. The minimum Gasteiger partial charge on any atom is -0.303 e. The molecule has 6 heteroatoms. The average molecular weight is 342 g/mol. The second-order valence-corrected chi connectivity index (χ2v) is 7.94. The average Bonchev–Trinajstić information content (AvgIpc) is 2.80. The molecule has 2 rings (SSSR count). The van der Waals surface area contributed by atoms with E-state index in [1.54, 1.807) is 0 Å². The number of halogens is 1. The van der Waals surface area contributed by atoms with Gasteiger partial charge in [0.1, 0.15) is 5.82 Å². The molecule has 1 heterocycles. The number of hydrogen-bond donors (Lipinski definition) is 1. The highest BCUT2D eigenvalue weighted by atomic mass is 32.2. The fraction of sp³-hybridized carbons (Fsp3) is 0.647. The quantitative estimate of drug-likeness (QED) is 0.738. The van der Waals surface area contributed by atoms with Gasteiger partial charge in [-0.3, -0.25) is 0 Å². The van der Waals surface area contributed by atoms with Crippen molar-refractivity contribution in [2.75, 3.05) is 26.2 Å². The summed E-state index contributed by atoms with van der Waals surface area (Å²) in [7, 11) is -3.52. The van der Waals surface area contributed by atoms with Crippen LogP contribution in [0.15, 0.2) is 29.2 Å². The van der Waals surface area contributed by atoms with E-state index in [0.29, 0.717) is 6.54 Å². The maximum atomic E-state index is 12.8. The van der Waals surface area contributed by atoms with E-state index in [-0.39, 0.29) is 4.90 Å². The van der Waals surface area contributed by atoms with Crippen molar-refractivity contribution < 1.29 is 12.8 Å². The fourth-order valence-corrected chi connectivity index (χ4v) is 3.97. The SMILES string of the molecule is O=S(=O)(NCCCCCN1CCCCCC1)c1ccc(F)cc1. The van der Waals surface area contributed by atoms with Crippen LogP contribution in [0.1, 0.15) is 44.9 Å². The number of benzene rings is 1. The van der Waals surface area contributed by atoms with Crippen molar-refractivity contribution in [3.63, 3.8) is 0 Å². The summed E-state index contributed by atoms with van der Waals surface area (Å²) in [6.45, 7) is 3.96. The summed E-state index contributed by atoms with van der Waals surface area (Å²) in [6.07, 6.45) is 8.26. The third kappa shape index (κ3) is 6.57. The van der Waals surface area contributed by atoms with Gasteiger partial charge in [-0.25, -0.2) is 17.5 Å². The molecule has 1 aliphatic heterocycles. The number of nitrogens with zero attached hydrogens (tertiary/aromatic N) is 1. The fourth-order valence-electron chi connectivity index (χ4n) is 2.90. The summed E-state index contributed by atoms with van der Waals surface area (Å²) in [6, 6.07) is 4.90. The lowest BCUT2D eigenvalue weighted by Gasteiger charge is -2.19. The largest absolute Gasteiger partial charge is 0.303 e. The van der Waals surface area contributed by atoms with Crippen molar-refractivity contribution in [3.05, 3.63) is 30.1 Å². The van der Waals surface area contributed by atoms with Gasteiger partial charge in [0.15, 0.2) is 0 Å². The van der Waals surface area contributed by atoms with Gasteiger partial charge in [0.25, 0.3) is 0 Å². The van der Waals surface area contributed by atoms with Crippen LogP contribution in [-0.4, -0.2) is 39.5 Å².